The van der Waals surface area contributed by atoms with Crippen molar-refractivity contribution in [3.05, 3.63) is 90.0 Å². The van der Waals surface area contributed by atoms with Crippen LogP contribution in [0.2, 0.25) is 0 Å². The predicted molar refractivity (Wildman–Crippen MR) is 135 cm³/mol. The zero-order valence-corrected chi connectivity index (χ0v) is 20.1. The minimum Gasteiger partial charge on any atom is -0.322 e. The van der Waals surface area contributed by atoms with Gasteiger partial charge in [-0.2, -0.15) is 4.31 Å². The highest BCUT2D eigenvalue weighted by molar-refractivity contribution is 7.89. The molecule has 8 heteroatoms. The van der Waals surface area contributed by atoms with E-state index in [9.17, 15) is 18.0 Å². The highest BCUT2D eigenvalue weighted by Crippen LogP contribution is 2.20. The molecule has 0 bridgehead atoms. The number of sulfonamides is 1. The van der Waals surface area contributed by atoms with Crippen molar-refractivity contribution in [3.63, 3.8) is 0 Å². The number of rotatable bonds is 10. The molecule has 0 heterocycles. The number of carbonyl (C=O) groups excluding carboxylic acids is 2. The first kappa shape index (κ1) is 25.1. The van der Waals surface area contributed by atoms with Gasteiger partial charge in [-0.05, 0) is 73.5 Å². The van der Waals surface area contributed by atoms with E-state index in [1.807, 2.05) is 19.9 Å². The Labute approximate surface area is 200 Å². The van der Waals surface area contributed by atoms with Crippen molar-refractivity contribution in [2.45, 2.75) is 31.6 Å². The van der Waals surface area contributed by atoms with Gasteiger partial charge in [-0.25, -0.2) is 8.42 Å². The van der Waals surface area contributed by atoms with Crippen LogP contribution in [0.5, 0.6) is 0 Å². The molecule has 0 radical (unpaired) electrons. The van der Waals surface area contributed by atoms with Gasteiger partial charge in [0.25, 0.3) is 11.8 Å². The highest BCUT2D eigenvalue weighted by Gasteiger charge is 2.23. The van der Waals surface area contributed by atoms with Crippen LogP contribution in [-0.2, 0) is 10.0 Å². The lowest BCUT2D eigenvalue weighted by Crippen LogP contribution is -2.32. The number of anilines is 2. The summed E-state index contributed by atoms with van der Waals surface area (Å²) in [5, 5.41) is 5.56. The first-order valence-electron chi connectivity index (χ1n) is 11.2. The van der Waals surface area contributed by atoms with Gasteiger partial charge in [0.1, 0.15) is 0 Å². The summed E-state index contributed by atoms with van der Waals surface area (Å²) in [5.74, 6) is -0.570. The number of nitrogens with one attached hydrogen (secondary N) is 2. The van der Waals surface area contributed by atoms with Gasteiger partial charge in [-0.3, -0.25) is 9.59 Å². The molecule has 0 aliphatic rings. The van der Waals surface area contributed by atoms with Crippen LogP contribution in [0.3, 0.4) is 0 Å². The Hall–Kier alpha value is -3.49. The molecule has 0 aromatic heterocycles. The molecular formula is C26H29N3O4S. The van der Waals surface area contributed by atoms with Crippen LogP contribution in [0.1, 0.15) is 47.4 Å². The second-order valence-electron chi connectivity index (χ2n) is 7.78. The van der Waals surface area contributed by atoms with Gasteiger partial charge in [-0.15, -0.1) is 0 Å². The quantitative estimate of drug-likeness (QED) is 0.428. The van der Waals surface area contributed by atoms with Crippen LogP contribution < -0.4 is 10.6 Å². The van der Waals surface area contributed by atoms with Gasteiger partial charge in [0.05, 0.1) is 4.90 Å². The third-order valence-electron chi connectivity index (χ3n) is 5.14. The zero-order valence-electron chi connectivity index (χ0n) is 19.3. The molecule has 0 saturated heterocycles. The molecule has 0 spiro atoms. The molecule has 0 fully saturated rings. The summed E-state index contributed by atoms with van der Waals surface area (Å²) in [5.41, 5.74) is 2.01. The monoisotopic (exact) mass is 479 g/mol. The molecule has 0 saturated carbocycles. The van der Waals surface area contributed by atoms with E-state index in [4.69, 9.17) is 0 Å². The van der Waals surface area contributed by atoms with Crippen molar-refractivity contribution < 1.29 is 18.0 Å². The zero-order chi connectivity index (χ0) is 24.6. The van der Waals surface area contributed by atoms with E-state index in [1.165, 1.54) is 16.4 Å². The molecule has 34 heavy (non-hydrogen) atoms. The van der Waals surface area contributed by atoms with E-state index in [-0.39, 0.29) is 16.7 Å². The Balaban J connectivity index is 1.64. The predicted octanol–water partition coefficient (Wildman–Crippen LogP) is 5.00. The Morgan fingerprint density at radius 1 is 0.676 bits per heavy atom. The number of benzene rings is 3. The second kappa shape index (κ2) is 11.6. The van der Waals surface area contributed by atoms with Crippen LogP contribution in [0.15, 0.2) is 83.8 Å². The maximum absolute atomic E-state index is 12.9. The lowest BCUT2D eigenvalue weighted by molar-refractivity contribution is 0.102. The van der Waals surface area contributed by atoms with Crippen LogP contribution in [0, 0.1) is 0 Å². The Morgan fingerprint density at radius 3 is 1.59 bits per heavy atom. The summed E-state index contributed by atoms with van der Waals surface area (Å²) < 4.78 is 27.2. The maximum atomic E-state index is 12.9. The summed E-state index contributed by atoms with van der Waals surface area (Å²) in [7, 11) is -3.57. The van der Waals surface area contributed by atoms with Crippen LogP contribution in [0.4, 0.5) is 11.4 Å². The molecule has 7 nitrogen and oxygen atoms in total. The summed E-state index contributed by atoms with van der Waals surface area (Å²) in [6, 6.07) is 21.6. The third-order valence-corrected chi connectivity index (χ3v) is 7.05. The van der Waals surface area contributed by atoms with Gasteiger partial charge in [0.15, 0.2) is 0 Å². The molecule has 0 atom stereocenters. The summed E-state index contributed by atoms with van der Waals surface area (Å²) in [6.07, 6.45) is 1.48. The number of nitrogens with zero attached hydrogens (tertiary/aromatic N) is 1. The SMILES string of the molecule is CCCN(CCC)S(=O)(=O)c1ccc(NC(=O)c2ccc(NC(=O)c3ccccc3)cc2)cc1. The normalized spacial score (nSPS) is 11.3. The molecule has 3 rings (SSSR count). The smallest absolute Gasteiger partial charge is 0.255 e. The fourth-order valence-corrected chi connectivity index (χ4v) is 5.04. The number of hydrogen-bond donors (Lipinski definition) is 2. The fourth-order valence-electron chi connectivity index (χ4n) is 3.41. The van der Waals surface area contributed by atoms with Gasteiger partial charge in [0, 0.05) is 35.6 Å². The molecule has 3 aromatic rings. The Kier molecular flexibility index (Phi) is 8.56. The summed E-state index contributed by atoms with van der Waals surface area (Å²) >= 11 is 0. The van der Waals surface area contributed by atoms with Crippen LogP contribution >= 0.6 is 0 Å². The van der Waals surface area contributed by atoms with E-state index in [0.717, 1.165) is 12.8 Å². The lowest BCUT2D eigenvalue weighted by atomic mass is 10.1. The van der Waals surface area contributed by atoms with Crippen LogP contribution in [0.25, 0.3) is 0 Å². The van der Waals surface area contributed by atoms with Crippen molar-refractivity contribution in [2.24, 2.45) is 0 Å². The molecule has 178 valence electrons. The summed E-state index contributed by atoms with van der Waals surface area (Å²) in [6.45, 7) is 4.83. The van der Waals surface area contributed by atoms with E-state index >= 15 is 0 Å². The van der Waals surface area contributed by atoms with E-state index in [2.05, 4.69) is 10.6 Å². The Morgan fingerprint density at radius 2 is 1.12 bits per heavy atom. The second-order valence-corrected chi connectivity index (χ2v) is 9.72. The van der Waals surface area contributed by atoms with Crippen LogP contribution in [-0.4, -0.2) is 37.6 Å². The highest BCUT2D eigenvalue weighted by atomic mass is 32.2. The van der Waals surface area contributed by atoms with Crippen molar-refractivity contribution in [2.75, 3.05) is 23.7 Å². The number of amides is 2. The molecular weight excluding hydrogens is 450 g/mol. The van der Waals surface area contributed by atoms with Gasteiger partial charge in [0.2, 0.25) is 10.0 Å². The average Bonchev–Trinajstić information content (AvgIpc) is 2.85. The fraction of sp³-hybridized carbons (Fsp3) is 0.231. The summed E-state index contributed by atoms with van der Waals surface area (Å²) in [4.78, 5) is 25.1. The van der Waals surface area contributed by atoms with E-state index < -0.39 is 10.0 Å². The van der Waals surface area contributed by atoms with Crippen molar-refractivity contribution >= 4 is 33.2 Å². The lowest BCUT2D eigenvalue weighted by Gasteiger charge is -2.21. The minimum absolute atomic E-state index is 0.200. The minimum atomic E-state index is -3.57. The number of carbonyl (C=O) groups is 2. The molecule has 2 N–H and O–H groups in total. The Bertz CT molecular complexity index is 1200. The molecule has 0 unspecified atom stereocenters. The van der Waals surface area contributed by atoms with Crippen molar-refractivity contribution in [1.29, 1.82) is 0 Å². The van der Waals surface area contributed by atoms with Gasteiger partial charge >= 0.3 is 0 Å². The maximum Gasteiger partial charge on any atom is 0.255 e. The largest absolute Gasteiger partial charge is 0.322 e. The van der Waals surface area contributed by atoms with Gasteiger partial charge in [-0.1, -0.05) is 32.0 Å². The topological polar surface area (TPSA) is 95.6 Å². The van der Waals surface area contributed by atoms with Gasteiger partial charge < -0.3 is 10.6 Å². The molecule has 3 aromatic carbocycles. The first-order valence-corrected chi connectivity index (χ1v) is 12.7. The van der Waals surface area contributed by atoms with E-state index in [0.29, 0.717) is 35.6 Å². The number of hydrogen-bond acceptors (Lipinski definition) is 4. The van der Waals surface area contributed by atoms with E-state index in [1.54, 1.807) is 60.7 Å². The first-order chi connectivity index (χ1) is 16.3. The standard InChI is InChI=1S/C26H29N3O4S/c1-3-18-29(19-4-2)34(32,33)24-16-14-23(15-17-24)28-26(31)21-10-12-22(13-11-21)27-25(30)20-8-6-5-7-9-20/h5-17H,3-4,18-19H2,1-2H3,(H,27,30)(H,28,31). The third kappa shape index (κ3) is 6.30. The average molecular weight is 480 g/mol. The van der Waals surface area contributed by atoms with Crippen molar-refractivity contribution in [3.8, 4) is 0 Å². The van der Waals surface area contributed by atoms with Crippen molar-refractivity contribution in [1.82, 2.24) is 4.31 Å². The molecule has 0 aliphatic carbocycles. The molecule has 0 aliphatic heterocycles. The molecule has 2 amide bonds.